The van der Waals surface area contributed by atoms with Gasteiger partial charge in [0.1, 0.15) is 18.1 Å². The molecule has 0 unspecified atom stereocenters. The summed E-state index contributed by atoms with van der Waals surface area (Å²) in [6.45, 7) is 2.31. The molecule has 3 aromatic carbocycles. The number of amides is 2. The Hall–Kier alpha value is -3.80. The molecule has 0 aliphatic carbocycles. The van der Waals surface area contributed by atoms with Gasteiger partial charge in [0.25, 0.3) is 5.91 Å². The number of nitrogens with one attached hydrogen (secondary N) is 1. The lowest BCUT2D eigenvalue weighted by molar-refractivity contribution is -0.135. The highest BCUT2D eigenvalue weighted by Gasteiger charge is 2.14. The van der Waals surface area contributed by atoms with Gasteiger partial charge < -0.3 is 19.7 Å². The van der Waals surface area contributed by atoms with Crippen LogP contribution in [0.5, 0.6) is 11.5 Å². The van der Waals surface area contributed by atoms with Gasteiger partial charge in [-0.15, -0.1) is 0 Å². The second-order valence-corrected chi connectivity index (χ2v) is 7.34. The van der Waals surface area contributed by atoms with E-state index in [4.69, 9.17) is 9.47 Å². The topological polar surface area (TPSA) is 67.9 Å². The third-order valence-electron chi connectivity index (χ3n) is 4.91. The number of aryl methyl sites for hydroxylation is 1. The zero-order valence-corrected chi connectivity index (χ0v) is 18.4. The van der Waals surface area contributed by atoms with E-state index in [1.807, 2.05) is 61.5 Å². The van der Waals surface area contributed by atoms with Crippen LogP contribution in [0.3, 0.4) is 0 Å². The molecule has 0 fully saturated rings. The summed E-state index contributed by atoms with van der Waals surface area (Å²) in [5, 5.41) is 2.86. The van der Waals surface area contributed by atoms with Crippen LogP contribution in [0.15, 0.2) is 78.9 Å². The fraction of sp³-hybridized carbons (Fsp3) is 0.231. The van der Waals surface area contributed by atoms with Crippen LogP contribution in [0, 0.1) is 0 Å². The summed E-state index contributed by atoms with van der Waals surface area (Å²) in [5.74, 6) is 0.740. The number of nitrogens with zero attached hydrogens (tertiary/aromatic N) is 1. The first-order valence-electron chi connectivity index (χ1n) is 10.6. The van der Waals surface area contributed by atoms with Crippen molar-refractivity contribution in [2.24, 2.45) is 0 Å². The summed E-state index contributed by atoms with van der Waals surface area (Å²) < 4.78 is 11.3. The summed E-state index contributed by atoms with van der Waals surface area (Å²) in [5.41, 5.74) is 2.91. The van der Waals surface area contributed by atoms with Gasteiger partial charge in [0.15, 0.2) is 6.61 Å². The molecule has 6 nitrogen and oxygen atoms in total. The van der Waals surface area contributed by atoms with Gasteiger partial charge in [-0.25, -0.2) is 0 Å². The number of benzene rings is 3. The predicted molar refractivity (Wildman–Crippen MR) is 125 cm³/mol. The normalized spacial score (nSPS) is 10.3. The molecule has 1 N–H and O–H groups in total. The minimum atomic E-state index is -0.284. The molecule has 2 amide bonds. The van der Waals surface area contributed by atoms with Crippen molar-refractivity contribution in [1.29, 1.82) is 0 Å². The first-order chi connectivity index (χ1) is 15.5. The van der Waals surface area contributed by atoms with Gasteiger partial charge in [0.2, 0.25) is 5.91 Å². The van der Waals surface area contributed by atoms with Crippen molar-refractivity contribution in [2.75, 3.05) is 25.5 Å². The van der Waals surface area contributed by atoms with Crippen LogP contribution in [0.2, 0.25) is 0 Å². The average Bonchev–Trinajstić information content (AvgIpc) is 2.82. The van der Waals surface area contributed by atoms with Gasteiger partial charge in [-0.1, -0.05) is 55.5 Å². The number of ether oxygens (including phenoxy) is 2. The Morgan fingerprint density at radius 2 is 1.47 bits per heavy atom. The van der Waals surface area contributed by atoms with Crippen LogP contribution in [0.1, 0.15) is 18.1 Å². The molecule has 0 radical (unpaired) electrons. The van der Waals surface area contributed by atoms with Crippen LogP contribution in [-0.2, 0) is 22.6 Å². The molecule has 0 atom stereocenters. The molecule has 0 heterocycles. The second-order valence-electron chi connectivity index (χ2n) is 7.34. The number of carbonyl (C=O) groups excluding carboxylic acids is 2. The van der Waals surface area contributed by atoms with E-state index in [-0.39, 0.29) is 25.0 Å². The highest BCUT2D eigenvalue weighted by Crippen LogP contribution is 2.19. The van der Waals surface area contributed by atoms with Gasteiger partial charge in [0, 0.05) is 12.7 Å². The number of hydrogen-bond donors (Lipinski definition) is 1. The van der Waals surface area contributed by atoms with Crippen molar-refractivity contribution in [3.8, 4) is 11.5 Å². The van der Waals surface area contributed by atoms with Gasteiger partial charge in [-0.05, 0) is 47.9 Å². The largest absolute Gasteiger partial charge is 0.489 e. The van der Waals surface area contributed by atoms with Crippen LogP contribution < -0.4 is 14.8 Å². The summed E-state index contributed by atoms with van der Waals surface area (Å²) >= 11 is 0. The highest BCUT2D eigenvalue weighted by molar-refractivity contribution is 5.95. The third kappa shape index (κ3) is 6.87. The standard InChI is InChI=1S/C26H28N2O4/c1-3-21-11-7-8-12-24(21)27-25(29)17-28(2)26(30)19-32-23-15-13-22(14-16-23)31-18-20-9-5-4-6-10-20/h4-16H,3,17-19H2,1-2H3,(H,27,29). The molecule has 3 aromatic rings. The van der Waals surface area contributed by atoms with E-state index in [1.54, 1.807) is 31.3 Å². The lowest BCUT2D eigenvalue weighted by atomic mass is 10.1. The molecule has 0 aliphatic rings. The lowest BCUT2D eigenvalue weighted by Crippen LogP contribution is -2.37. The fourth-order valence-electron chi connectivity index (χ4n) is 3.07. The van der Waals surface area contributed by atoms with Crippen molar-refractivity contribution >= 4 is 17.5 Å². The number of carbonyl (C=O) groups is 2. The van der Waals surface area contributed by atoms with Crippen molar-refractivity contribution in [1.82, 2.24) is 4.90 Å². The minimum Gasteiger partial charge on any atom is -0.489 e. The SMILES string of the molecule is CCc1ccccc1NC(=O)CN(C)C(=O)COc1ccc(OCc2ccccc2)cc1. The first-order valence-corrected chi connectivity index (χ1v) is 10.6. The quantitative estimate of drug-likeness (QED) is 0.519. The van der Waals surface area contributed by atoms with E-state index in [2.05, 4.69) is 5.32 Å². The Balaban J connectivity index is 1.42. The number of rotatable bonds is 10. The zero-order valence-electron chi connectivity index (χ0n) is 18.4. The van der Waals surface area contributed by atoms with Crippen LogP contribution in [0.25, 0.3) is 0 Å². The smallest absolute Gasteiger partial charge is 0.260 e. The molecule has 0 saturated heterocycles. The van der Waals surface area contributed by atoms with Crippen LogP contribution >= 0.6 is 0 Å². The van der Waals surface area contributed by atoms with E-state index in [9.17, 15) is 9.59 Å². The summed E-state index contributed by atoms with van der Waals surface area (Å²) in [7, 11) is 1.58. The zero-order chi connectivity index (χ0) is 22.8. The van der Waals surface area contributed by atoms with Crippen molar-refractivity contribution in [3.05, 3.63) is 90.0 Å². The molecular weight excluding hydrogens is 404 g/mol. The number of hydrogen-bond acceptors (Lipinski definition) is 4. The molecule has 3 rings (SSSR count). The molecule has 0 spiro atoms. The van der Waals surface area contributed by atoms with Crippen LogP contribution in [0.4, 0.5) is 5.69 Å². The maximum atomic E-state index is 12.3. The third-order valence-corrected chi connectivity index (χ3v) is 4.91. The summed E-state index contributed by atoms with van der Waals surface area (Å²) in [6.07, 6.45) is 0.815. The highest BCUT2D eigenvalue weighted by atomic mass is 16.5. The number of para-hydroxylation sites is 1. The molecule has 32 heavy (non-hydrogen) atoms. The van der Waals surface area contributed by atoms with Crippen molar-refractivity contribution in [2.45, 2.75) is 20.0 Å². The van der Waals surface area contributed by atoms with Crippen molar-refractivity contribution in [3.63, 3.8) is 0 Å². The van der Waals surface area contributed by atoms with E-state index in [0.717, 1.165) is 23.2 Å². The van der Waals surface area contributed by atoms with E-state index < -0.39 is 0 Å². The molecule has 0 aliphatic heterocycles. The maximum Gasteiger partial charge on any atom is 0.260 e. The molecule has 0 aromatic heterocycles. The van der Waals surface area contributed by atoms with Gasteiger partial charge in [-0.2, -0.15) is 0 Å². The molecular formula is C26H28N2O4. The Morgan fingerprint density at radius 3 is 2.16 bits per heavy atom. The number of likely N-dealkylation sites (N-methyl/N-ethyl adjacent to an activating group) is 1. The average molecular weight is 433 g/mol. The molecule has 6 heteroatoms. The Kier molecular flexibility index (Phi) is 8.26. The first kappa shape index (κ1) is 22.9. The fourth-order valence-corrected chi connectivity index (χ4v) is 3.07. The van der Waals surface area contributed by atoms with E-state index in [0.29, 0.717) is 18.1 Å². The monoisotopic (exact) mass is 432 g/mol. The van der Waals surface area contributed by atoms with E-state index in [1.165, 1.54) is 4.90 Å². The lowest BCUT2D eigenvalue weighted by Gasteiger charge is -2.18. The Bertz CT molecular complexity index is 1020. The second kappa shape index (κ2) is 11.6. The molecule has 0 bridgehead atoms. The van der Waals surface area contributed by atoms with Gasteiger partial charge >= 0.3 is 0 Å². The van der Waals surface area contributed by atoms with Gasteiger partial charge in [-0.3, -0.25) is 9.59 Å². The van der Waals surface area contributed by atoms with Crippen molar-refractivity contribution < 1.29 is 19.1 Å². The molecule has 0 saturated carbocycles. The van der Waals surface area contributed by atoms with Gasteiger partial charge in [0.05, 0.1) is 6.54 Å². The van der Waals surface area contributed by atoms with E-state index >= 15 is 0 Å². The Labute approximate surface area is 188 Å². The number of anilines is 1. The van der Waals surface area contributed by atoms with Crippen LogP contribution in [-0.4, -0.2) is 36.9 Å². The summed E-state index contributed by atoms with van der Waals surface area (Å²) in [6, 6.07) is 24.6. The summed E-state index contributed by atoms with van der Waals surface area (Å²) in [4.78, 5) is 26.0. The Morgan fingerprint density at radius 1 is 0.844 bits per heavy atom. The minimum absolute atomic E-state index is 0.0491. The predicted octanol–water partition coefficient (Wildman–Crippen LogP) is 4.30. The molecule has 166 valence electrons. The maximum absolute atomic E-state index is 12.3.